The first-order valence-electron chi connectivity index (χ1n) is 9.53. The Kier molecular flexibility index (Phi) is 6.36. The van der Waals surface area contributed by atoms with E-state index in [0.29, 0.717) is 17.9 Å². The number of ether oxygens (including phenoxy) is 4. The molecule has 29 heavy (non-hydrogen) atoms. The van der Waals surface area contributed by atoms with Crippen molar-refractivity contribution in [2.75, 3.05) is 64.4 Å². The predicted molar refractivity (Wildman–Crippen MR) is 114 cm³/mol. The van der Waals surface area contributed by atoms with Crippen molar-refractivity contribution in [3.05, 3.63) is 35.9 Å². The minimum atomic E-state index is -0.00127. The second-order valence-corrected chi connectivity index (χ2v) is 6.95. The average molecular weight is 400 g/mol. The first-order valence-corrected chi connectivity index (χ1v) is 9.53. The lowest BCUT2D eigenvalue weighted by molar-refractivity contribution is 0.101. The summed E-state index contributed by atoms with van der Waals surface area (Å²) in [5.74, 6) is 3.10. The highest BCUT2D eigenvalue weighted by molar-refractivity contribution is 5.98. The van der Waals surface area contributed by atoms with Gasteiger partial charge in [0.25, 0.3) is 0 Å². The van der Waals surface area contributed by atoms with E-state index in [4.69, 9.17) is 18.9 Å². The summed E-state index contributed by atoms with van der Waals surface area (Å²) in [4.78, 5) is 15.7. The fourth-order valence-electron chi connectivity index (χ4n) is 3.29. The maximum absolute atomic E-state index is 11.5. The van der Waals surface area contributed by atoms with Crippen LogP contribution in [0.5, 0.6) is 23.0 Å². The van der Waals surface area contributed by atoms with E-state index >= 15 is 0 Å². The van der Waals surface area contributed by atoms with Crippen LogP contribution in [0.4, 0.5) is 11.4 Å². The van der Waals surface area contributed by atoms with Crippen molar-refractivity contribution < 1.29 is 23.7 Å². The Bertz CT molecular complexity index is 884. The topological polar surface area (TPSA) is 60.5 Å². The highest BCUT2D eigenvalue weighted by atomic mass is 16.5. The number of likely N-dealkylation sites (N-methyl/N-ethyl adjacent to an activating group) is 2. The number of anilines is 2. The van der Waals surface area contributed by atoms with Gasteiger partial charge in [-0.25, -0.2) is 0 Å². The number of carbonyl (C=O) groups excluding carboxylic acids is 1. The monoisotopic (exact) mass is 400 g/mol. The van der Waals surface area contributed by atoms with E-state index < -0.39 is 0 Å². The molecule has 0 amide bonds. The maximum Gasteiger partial charge on any atom is 0.163 e. The first kappa shape index (κ1) is 20.6. The fourth-order valence-corrected chi connectivity index (χ4v) is 3.29. The lowest BCUT2D eigenvalue weighted by atomic mass is 10.1. The zero-order valence-corrected chi connectivity index (χ0v) is 17.7. The highest BCUT2D eigenvalue weighted by Gasteiger charge is 2.20. The van der Waals surface area contributed by atoms with Gasteiger partial charge in [0, 0.05) is 26.2 Å². The Morgan fingerprint density at radius 1 is 0.897 bits per heavy atom. The summed E-state index contributed by atoms with van der Waals surface area (Å²) in [5.41, 5.74) is 2.67. The van der Waals surface area contributed by atoms with Gasteiger partial charge in [-0.2, -0.15) is 0 Å². The van der Waals surface area contributed by atoms with E-state index in [-0.39, 0.29) is 5.78 Å². The number of hydrogen-bond donors (Lipinski definition) is 0. The van der Waals surface area contributed by atoms with Gasteiger partial charge in [-0.05, 0) is 25.1 Å². The molecule has 2 aromatic carbocycles. The molecule has 2 aromatic rings. The molecule has 0 unspecified atom stereocenters. The number of ketones is 1. The maximum atomic E-state index is 11.5. The molecule has 2 heterocycles. The number of nitrogens with zero attached hydrogens (tertiary/aromatic N) is 2. The zero-order chi connectivity index (χ0) is 21.0. The van der Waals surface area contributed by atoms with Gasteiger partial charge >= 0.3 is 0 Å². The third kappa shape index (κ3) is 4.50. The molecule has 156 valence electrons. The molecule has 0 aromatic heterocycles. The lowest BCUT2D eigenvalue weighted by Gasteiger charge is -2.28. The normalized spacial score (nSPS) is 14.4. The van der Waals surface area contributed by atoms with Gasteiger partial charge in [0.05, 0.1) is 44.2 Å². The third-order valence-electron chi connectivity index (χ3n) is 5.02. The molecule has 0 N–H and O–H groups in total. The van der Waals surface area contributed by atoms with Gasteiger partial charge in [-0.15, -0.1) is 0 Å². The van der Waals surface area contributed by atoms with E-state index in [1.807, 2.05) is 31.3 Å². The van der Waals surface area contributed by atoms with Crippen LogP contribution in [0.15, 0.2) is 30.3 Å². The van der Waals surface area contributed by atoms with Crippen molar-refractivity contribution in [2.24, 2.45) is 0 Å². The summed E-state index contributed by atoms with van der Waals surface area (Å²) in [6, 6.07) is 9.50. The second kappa shape index (κ2) is 8.94. The summed E-state index contributed by atoms with van der Waals surface area (Å²) < 4.78 is 21.4. The minimum Gasteiger partial charge on any atom is -0.497 e. The number of methoxy groups -OCH3 is 2. The Morgan fingerprint density at radius 2 is 1.52 bits per heavy atom. The van der Waals surface area contributed by atoms with Gasteiger partial charge < -0.3 is 28.7 Å². The van der Waals surface area contributed by atoms with Gasteiger partial charge in [-0.1, -0.05) is 0 Å². The molecule has 0 atom stereocenters. The molecular formula is C22H28N2O5. The third-order valence-corrected chi connectivity index (χ3v) is 5.02. The van der Waals surface area contributed by atoms with E-state index in [1.54, 1.807) is 20.3 Å². The molecule has 0 bridgehead atoms. The van der Waals surface area contributed by atoms with Crippen molar-refractivity contribution in [1.82, 2.24) is 0 Å². The van der Waals surface area contributed by atoms with Crippen molar-refractivity contribution in [1.29, 1.82) is 0 Å². The standard InChI is InChI=1S/C12H15NO3.C10H13NO2/c1-8(14)9-6-10-12(7-11(9)15-3)16-5-4-13(10)2;1-11-5-6-13-10-7-8(12-2)3-4-9(10)11/h6-7H,4-5H2,1-3H3;3-4,7H,5-6H2,1-2H3. The Labute approximate surface area is 171 Å². The van der Waals surface area contributed by atoms with E-state index in [0.717, 1.165) is 48.3 Å². The van der Waals surface area contributed by atoms with Crippen LogP contribution in [-0.4, -0.2) is 60.4 Å². The molecule has 0 spiro atoms. The van der Waals surface area contributed by atoms with E-state index in [9.17, 15) is 4.79 Å². The Balaban J connectivity index is 0.000000169. The average Bonchev–Trinajstić information content (AvgIpc) is 2.73. The summed E-state index contributed by atoms with van der Waals surface area (Å²) in [6.07, 6.45) is 0. The first-order chi connectivity index (χ1) is 13.9. The Hall–Kier alpha value is -3.09. The quantitative estimate of drug-likeness (QED) is 0.733. The van der Waals surface area contributed by atoms with Crippen LogP contribution in [0.3, 0.4) is 0 Å². The number of rotatable bonds is 3. The van der Waals surface area contributed by atoms with Crippen LogP contribution < -0.4 is 28.7 Å². The van der Waals surface area contributed by atoms with E-state index in [1.165, 1.54) is 6.92 Å². The minimum absolute atomic E-state index is 0.00127. The van der Waals surface area contributed by atoms with E-state index in [2.05, 4.69) is 16.8 Å². The summed E-state index contributed by atoms with van der Waals surface area (Å²) in [5, 5.41) is 0. The molecule has 0 fully saturated rings. The van der Waals surface area contributed by atoms with Gasteiger partial charge in [0.2, 0.25) is 0 Å². The molecule has 0 aliphatic carbocycles. The number of hydrogen-bond acceptors (Lipinski definition) is 7. The summed E-state index contributed by atoms with van der Waals surface area (Å²) >= 11 is 0. The van der Waals surface area contributed by atoms with Crippen molar-refractivity contribution >= 4 is 17.2 Å². The largest absolute Gasteiger partial charge is 0.497 e. The number of benzene rings is 2. The molecule has 0 radical (unpaired) electrons. The molecular weight excluding hydrogens is 372 g/mol. The van der Waals surface area contributed by atoms with Crippen LogP contribution in [0.2, 0.25) is 0 Å². The van der Waals surface area contributed by atoms with Gasteiger partial charge in [-0.3, -0.25) is 4.79 Å². The summed E-state index contributed by atoms with van der Waals surface area (Å²) in [6.45, 7) is 4.71. The van der Waals surface area contributed by atoms with Gasteiger partial charge in [0.15, 0.2) is 5.78 Å². The molecule has 7 heteroatoms. The molecule has 7 nitrogen and oxygen atoms in total. The van der Waals surface area contributed by atoms with Crippen molar-refractivity contribution in [2.45, 2.75) is 6.92 Å². The number of fused-ring (bicyclic) bond motifs is 2. The summed E-state index contributed by atoms with van der Waals surface area (Å²) in [7, 11) is 7.26. The van der Waals surface area contributed by atoms with Gasteiger partial charge in [0.1, 0.15) is 36.2 Å². The smallest absolute Gasteiger partial charge is 0.163 e. The fraction of sp³-hybridized carbons (Fsp3) is 0.409. The number of carbonyl (C=O) groups is 1. The van der Waals surface area contributed by atoms with Crippen LogP contribution in [0.25, 0.3) is 0 Å². The Morgan fingerprint density at radius 3 is 2.10 bits per heavy atom. The van der Waals surface area contributed by atoms with Crippen LogP contribution >= 0.6 is 0 Å². The highest BCUT2D eigenvalue weighted by Crippen LogP contribution is 2.37. The van der Waals surface area contributed by atoms with Crippen LogP contribution in [-0.2, 0) is 0 Å². The molecule has 2 aliphatic rings. The lowest BCUT2D eigenvalue weighted by Crippen LogP contribution is -2.29. The number of Topliss-reactive ketones (excluding diaryl/α,β-unsaturated/α-hetero) is 1. The van der Waals surface area contributed by atoms with Crippen LogP contribution in [0, 0.1) is 0 Å². The van der Waals surface area contributed by atoms with Crippen LogP contribution in [0.1, 0.15) is 17.3 Å². The SMILES string of the molecule is COc1cc2c(cc1C(C)=O)N(C)CCO2.COc1ccc2c(c1)OCCN2C. The zero-order valence-electron chi connectivity index (χ0n) is 17.7. The predicted octanol–water partition coefficient (Wildman–Crippen LogP) is 3.25. The van der Waals surface area contributed by atoms with Crippen molar-refractivity contribution in [3.63, 3.8) is 0 Å². The molecule has 2 aliphatic heterocycles. The molecule has 0 saturated carbocycles. The van der Waals surface area contributed by atoms with Crippen molar-refractivity contribution in [3.8, 4) is 23.0 Å². The molecule has 4 rings (SSSR count). The second-order valence-electron chi connectivity index (χ2n) is 6.95. The molecule has 0 saturated heterocycles.